The van der Waals surface area contributed by atoms with Crippen LogP contribution in [0.4, 0.5) is 0 Å². The minimum absolute atomic E-state index is 0.0610. The molecular formula is C14H20N2O4S. The molecule has 0 radical (unpaired) electrons. The average Bonchev–Trinajstić information content (AvgIpc) is 2.91. The number of nitrogens with zero attached hydrogens (tertiary/aromatic N) is 2. The summed E-state index contributed by atoms with van der Waals surface area (Å²) < 4.78 is 0. The molecule has 0 aliphatic rings. The maximum Gasteiger partial charge on any atom is 0.305 e. The first-order chi connectivity index (χ1) is 9.86. The molecule has 7 heteroatoms. The standard InChI is InChI=1S/C14H20N2O4S/c1-4-16(10(2)8-13(18)19)12(17)9-15(3)14(20)11-6-5-7-21-11/h5-7,10H,4,8-9H2,1-3H3,(H,18,19). The molecule has 0 bridgehead atoms. The molecule has 2 amide bonds. The summed E-state index contributed by atoms with van der Waals surface area (Å²) in [7, 11) is 1.57. The molecule has 0 fully saturated rings. The van der Waals surface area contributed by atoms with Crippen LogP contribution in [0.3, 0.4) is 0 Å². The van der Waals surface area contributed by atoms with Crippen molar-refractivity contribution in [3.8, 4) is 0 Å². The van der Waals surface area contributed by atoms with Gasteiger partial charge >= 0.3 is 5.97 Å². The van der Waals surface area contributed by atoms with Crippen molar-refractivity contribution in [1.29, 1.82) is 0 Å². The van der Waals surface area contributed by atoms with Gasteiger partial charge in [-0.1, -0.05) is 6.07 Å². The zero-order valence-electron chi connectivity index (χ0n) is 12.4. The SMILES string of the molecule is CCN(C(=O)CN(C)C(=O)c1cccs1)C(C)CC(=O)O. The van der Waals surface area contributed by atoms with Crippen LogP contribution < -0.4 is 0 Å². The van der Waals surface area contributed by atoms with E-state index >= 15 is 0 Å². The molecule has 0 spiro atoms. The Hall–Kier alpha value is -1.89. The highest BCUT2D eigenvalue weighted by molar-refractivity contribution is 7.12. The lowest BCUT2D eigenvalue weighted by molar-refractivity contribution is -0.140. The minimum Gasteiger partial charge on any atom is -0.481 e. The van der Waals surface area contributed by atoms with Crippen molar-refractivity contribution in [2.24, 2.45) is 0 Å². The van der Waals surface area contributed by atoms with E-state index < -0.39 is 12.0 Å². The minimum atomic E-state index is -0.947. The first-order valence-electron chi connectivity index (χ1n) is 6.67. The summed E-state index contributed by atoms with van der Waals surface area (Å²) in [6.07, 6.45) is -0.109. The summed E-state index contributed by atoms with van der Waals surface area (Å²) in [5, 5.41) is 10.6. The lowest BCUT2D eigenvalue weighted by atomic mass is 10.2. The van der Waals surface area contributed by atoms with Gasteiger partial charge in [0.25, 0.3) is 5.91 Å². The van der Waals surface area contributed by atoms with Crippen LogP contribution in [-0.2, 0) is 9.59 Å². The Bertz CT molecular complexity index is 501. The Morgan fingerprint density at radius 1 is 1.38 bits per heavy atom. The van der Waals surface area contributed by atoms with Gasteiger partial charge in [0.1, 0.15) is 0 Å². The Morgan fingerprint density at radius 3 is 2.52 bits per heavy atom. The third kappa shape index (κ3) is 4.86. The van der Waals surface area contributed by atoms with Gasteiger partial charge in [0, 0.05) is 19.6 Å². The van der Waals surface area contributed by atoms with Gasteiger partial charge in [-0.3, -0.25) is 14.4 Å². The molecule has 116 valence electrons. The van der Waals surface area contributed by atoms with Crippen LogP contribution in [0.2, 0.25) is 0 Å². The summed E-state index contributed by atoms with van der Waals surface area (Å²) in [5.41, 5.74) is 0. The van der Waals surface area contributed by atoms with Crippen molar-refractivity contribution in [1.82, 2.24) is 9.80 Å². The van der Waals surface area contributed by atoms with E-state index in [1.54, 1.807) is 38.4 Å². The third-order valence-electron chi connectivity index (χ3n) is 3.11. The van der Waals surface area contributed by atoms with Gasteiger partial charge in [-0.2, -0.15) is 0 Å². The largest absolute Gasteiger partial charge is 0.481 e. The van der Waals surface area contributed by atoms with Gasteiger partial charge in [-0.05, 0) is 25.3 Å². The van der Waals surface area contributed by atoms with Gasteiger partial charge in [0.05, 0.1) is 17.8 Å². The molecule has 0 aromatic carbocycles. The third-order valence-corrected chi connectivity index (χ3v) is 3.97. The Labute approximate surface area is 128 Å². The van der Waals surface area contributed by atoms with E-state index in [0.717, 1.165) is 0 Å². The summed E-state index contributed by atoms with van der Waals surface area (Å²) >= 11 is 1.32. The smallest absolute Gasteiger partial charge is 0.305 e. The zero-order valence-corrected chi connectivity index (χ0v) is 13.2. The van der Waals surface area contributed by atoms with Crippen molar-refractivity contribution in [2.75, 3.05) is 20.1 Å². The predicted octanol–water partition coefficient (Wildman–Crippen LogP) is 1.53. The first-order valence-corrected chi connectivity index (χ1v) is 7.55. The van der Waals surface area contributed by atoms with Crippen molar-refractivity contribution >= 4 is 29.1 Å². The fourth-order valence-electron chi connectivity index (χ4n) is 2.05. The highest BCUT2D eigenvalue weighted by Crippen LogP contribution is 2.12. The number of rotatable bonds is 7. The maximum absolute atomic E-state index is 12.2. The second-order valence-electron chi connectivity index (χ2n) is 4.77. The molecule has 1 unspecified atom stereocenters. The molecule has 0 saturated carbocycles. The second-order valence-corrected chi connectivity index (χ2v) is 5.71. The molecule has 0 saturated heterocycles. The van der Waals surface area contributed by atoms with E-state index in [9.17, 15) is 14.4 Å². The fraction of sp³-hybridized carbons (Fsp3) is 0.500. The Morgan fingerprint density at radius 2 is 2.05 bits per heavy atom. The molecule has 21 heavy (non-hydrogen) atoms. The van der Waals surface area contributed by atoms with Crippen LogP contribution in [0, 0.1) is 0 Å². The monoisotopic (exact) mass is 312 g/mol. The van der Waals surface area contributed by atoms with Gasteiger partial charge in [0.15, 0.2) is 0 Å². The topological polar surface area (TPSA) is 77.9 Å². The molecule has 1 heterocycles. The maximum atomic E-state index is 12.2. The number of likely N-dealkylation sites (N-methyl/N-ethyl adjacent to an activating group) is 2. The molecule has 1 aromatic heterocycles. The zero-order chi connectivity index (χ0) is 16.0. The Kier molecular flexibility index (Phi) is 6.36. The molecule has 1 atom stereocenters. The lowest BCUT2D eigenvalue weighted by Crippen LogP contribution is -2.45. The second kappa shape index (κ2) is 7.78. The highest BCUT2D eigenvalue weighted by Gasteiger charge is 2.23. The summed E-state index contributed by atoms with van der Waals surface area (Å²) in [6.45, 7) is 3.83. The van der Waals surface area contributed by atoms with Gasteiger partial charge in [0.2, 0.25) is 5.91 Å². The Balaban J connectivity index is 2.65. The first kappa shape index (κ1) is 17.2. The lowest BCUT2D eigenvalue weighted by Gasteiger charge is -2.29. The normalized spacial score (nSPS) is 11.8. The number of hydrogen-bond donors (Lipinski definition) is 1. The van der Waals surface area contributed by atoms with Crippen molar-refractivity contribution in [3.63, 3.8) is 0 Å². The van der Waals surface area contributed by atoms with Crippen LogP contribution >= 0.6 is 11.3 Å². The van der Waals surface area contributed by atoms with Crippen LogP contribution in [0.25, 0.3) is 0 Å². The molecular weight excluding hydrogens is 292 g/mol. The van der Waals surface area contributed by atoms with Crippen molar-refractivity contribution in [2.45, 2.75) is 26.3 Å². The fourth-order valence-corrected chi connectivity index (χ4v) is 2.77. The van der Waals surface area contributed by atoms with Crippen LogP contribution in [0.5, 0.6) is 0 Å². The van der Waals surface area contributed by atoms with Crippen LogP contribution in [0.1, 0.15) is 29.9 Å². The van der Waals surface area contributed by atoms with E-state index in [1.165, 1.54) is 21.1 Å². The molecule has 6 nitrogen and oxygen atoms in total. The number of aliphatic carboxylic acids is 1. The van der Waals surface area contributed by atoms with E-state index in [2.05, 4.69) is 0 Å². The van der Waals surface area contributed by atoms with E-state index in [0.29, 0.717) is 11.4 Å². The van der Waals surface area contributed by atoms with Crippen molar-refractivity contribution in [3.05, 3.63) is 22.4 Å². The summed E-state index contributed by atoms with van der Waals surface area (Å²) in [4.78, 5) is 38.4. The van der Waals surface area contributed by atoms with Crippen LogP contribution in [0.15, 0.2) is 17.5 Å². The summed E-state index contributed by atoms with van der Waals surface area (Å²) in [6, 6.07) is 3.09. The predicted molar refractivity (Wildman–Crippen MR) is 80.4 cm³/mol. The number of carboxylic acids is 1. The number of amides is 2. The highest BCUT2D eigenvalue weighted by atomic mass is 32.1. The van der Waals surface area contributed by atoms with Gasteiger partial charge in [-0.15, -0.1) is 11.3 Å². The van der Waals surface area contributed by atoms with Crippen molar-refractivity contribution < 1.29 is 19.5 Å². The number of hydrogen-bond acceptors (Lipinski definition) is 4. The quantitative estimate of drug-likeness (QED) is 0.828. The number of thiophene rings is 1. The molecule has 0 aliphatic heterocycles. The number of carbonyl (C=O) groups is 3. The van der Waals surface area contributed by atoms with E-state index in [4.69, 9.17) is 5.11 Å². The number of carbonyl (C=O) groups excluding carboxylic acids is 2. The average molecular weight is 312 g/mol. The molecule has 1 aromatic rings. The molecule has 1 N–H and O–H groups in total. The van der Waals surface area contributed by atoms with E-state index in [-0.39, 0.29) is 24.8 Å². The van der Waals surface area contributed by atoms with Gasteiger partial charge < -0.3 is 14.9 Å². The number of carboxylic acid groups (broad SMARTS) is 1. The molecule has 0 aliphatic carbocycles. The van der Waals surface area contributed by atoms with Gasteiger partial charge in [-0.25, -0.2) is 0 Å². The van der Waals surface area contributed by atoms with E-state index in [1.807, 2.05) is 0 Å². The van der Waals surface area contributed by atoms with Crippen LogP contribution in [-0.4, -0.2) is 58.9 Å². The summed E-state index contributed by atoms with van der Waals surface area (Å²) in [5.74, 6) is -1.41. The molecule has 1 rings (SSSR count).